The minimum atomic E-state index is -1.46. The summed E-state index contributed by atoms with van der Waals surface area (Å²) in [5.41, 5.74) is 0. The van der Waals surface area contributed by atoms with Crippen molar-refractivity contribution in [1.82, 2.24) is 0 Å². The summed E-state index contributed by atoms with van der Waals surface area (Å²) in [6.45, 7) is 10.5. The molecule has 0 amide bonds. The van der Waals surface area contributed by atoms with Crippen LogP contribution in [0.4, 0.5) is 0 Å². The highest BCUT2D eigenvalue weighted by molar-refractivity contribution is 6.48. The molecular formula is C11H24O2Si. The van der Waals surface area contributed by atoms with Gasteiger partial charge in [-0.2, -0.15) is 0 Å². The van der Waals surface area contributed by atoms with Gasteiger partial charge in [-0.25, -0.2) is 0 Å². The van der Waals surface area contributed by atoms with E-state index >= 15 is 0 Å². The Morgan fingerprint density at radius 2 is 1.86 bits per heavy atom. The van der Waals surface area contributed by atoms with Crippen LogP contribution in [0.5, 0.6) is 0 Å². The van der Waals surface area contributed by atoms with Crippen LogP contribution in [-0.2, 0) is 8.85 Å². The maximum Gasteiger partial charge on any atom is 0.327 e. The molecule has 84 valence electrons. The van der Waals surface area contributed by atoms with E-state index in [1.54, 1.807) is 0 Å². The van der Waals surface area contributed by atoms with Crippen molar-refractivity contribution in [1.29, 1.82) is 0 Å². The third kappa shape index (κ3) is 2.38. The van der Waals surface area contributed by atoms with E-state index in [1.165, 1.54) is 19.3 Å². The van der Waals surface area contributed by atoms with Crippen LogP contribution in [-0.4, -0.2) is 22.5 Å². The number of hydrogen-bond acceptors (Lipinski definition) is 2. The van der Waals surface area contributed by atoms with Gasteiger partial charge in [-0.1, -0.05) is 26.7 Å². The Kier molecular flexibility index (Phi) is 4.61. The first-order valence-corrected chi connectivity index (χ1v) is 7.40. The van der Waals surface area contributed by atoms with Gasteiger partial charge in [0.05, 0.1) is 0 Å². The largest absolute Gasteiger partial charge is 0.397 e. The van der Waals surface area contributed by atoms with E-state index in [0.29, 0.717) is 5.04 Å². The second kappa shape index (κ2) is 5.28. The Bertz CT molecular complexity index is 169. The lowest BCUT2D eigenvalue weighted by Crippen LogP contribution is -2.38. The lowest BCUT2D eigenvalue weighted by Gasteiger charge is -2.35. The lowest BCUT2D eigenvalue weighted by atomic mass is 9.99. The fourth-order valence-corrected chi connectivity index (χ4v) is 4.98. The average molecular weight is 216 g/mol. The molecule has 2 atom stereocenters. The van der Waals surface area contributed by atoms with Crippen molar-refractivity contribution >= 4 is 9.28 Å². The van der Waals surface area contributed by atoms with Crippen molar-refractivity contribution in [3.8, 4) is 0 Å². The molecule has 1 saturated carbocycles. The molecular weight excluding hydrogens is 192 g/mol. The predicted molar refractivity (Wildman–Crippen MR) is 61.8 cm³/mol. The zero-order valence-corrected chi connectivity index (χ0v) is 11.2. The molecule has 0 N–H and O–H groups in total. The van der Waals surface area contributed by atoms with Gasteiger partial charge in [0, 0.05) is 18.3 Å². The molecule has 1 rings (SSSR count). The van der Waals surface area contributed by atoms with Crippen molar-refractivity contribution in [3.63, 3.8) is 0 Å². The van der Waals surface area contributed by atoms with Gasteiger partial charge in [-0.15, -0.1) is 0 Å². The third-order valence-electron chi connectivity index (χ3n) is 3.65. The molecule has 0 aromatic rings. The summed E-state index contributed by atoms with van der Waals surface area (Å²) in [4.78, 5) is 0. The van der Waals surface area contributed by atoms with Crippen LogP contribution in [0.3, 0.4) is 0 Å². The van der Waals surface area contributed by atoms with Gasteiger partial charge >= 0.3 is 9.28 Å². The maximum atomic E-state index is 5.86. The molecule has 0 aliphatic heterocycles. The van der Waals surface area contributed by atoms with E-state index in [-0.39, 0.29) is 0 Å². The van der Waals surface area contributed by atoms with E-state index in [1.807, 2.05) is 0 Å². The smallest absolute Gasteiger partial charge is 0.327 e. The second-order valence-electron chi connectivity index (χ2n) is 4.54. The highest BCUT2D eigenvalue weighted by Crippen LogP contribution is 2.51. The zero-order valence-electron chi connectivity index (χ0n) is 10.0. The summed E-state index contributed by atoms with van der Waals surface area (Å²) in [5, 5.41) is 0.367. The Morgan fingerprint density at radius 3 is 2.21 bits per heavy atom. The maximum absolute atomic E-state index is 5.86. The summed E-state index contributed by atoms with van der Waals surface area (Å²) in [6, 6.07) is 0. The van der Waals surface area contributed by atoms with Crippen LogP contribution >= 0.6 is 0 Å². The Morgan fingerprint density at radius 1 is 1.29 bits per heavy atom. The molecule has 0 aromatic heterocycles. The standard InChI is InChI=1S/C11H24O2Si/c1-5-12-14(13-6-2)11(4)9-7-8-10(11)3/h10,14H,5-9H2,1-4H3. The van der Waals surface area contributed by atoms with E-state index in [0.717, 1.165) is 19.1 Å². The zero-order chi connectivity index (χ0) is 10.6. The molecule has 1 aliphatic carbocycles. The summed E-state index contributed by atoms with van der Waals surface area (Å²) >= 11 is 0. The minimum Gasteiger partial charge on any atom is -0.397 e. The van der Waals surface area contributed by atoms with Crippen molar-refractivity contribution in [2.24, 2.45) is 5.92 Å². The molecule has 1 aliphatic rings. The normalized spacial score (nSPS) is 32.8. The summed E-state index contributed by atoms with van der Waals surface area (Å²) in [5.74, 6) is 0.775. The van der Waals surface area contributed by atoms with Crippen LogP contribution in [0.25, 0.3) is 0 Å². The molecule has 0 radical (unpaired) electrons. The van der Waals surface area contributed by atoms with E-state index in [4.69, 9.17) is 8.85 Å². The Hall–Kier alpha value is 0.137. The average Bonchev–Trinajstić information content (AvgIpc) is 2.48. The molecule has 1 fully saturated rings. The molecule has 0 bridgehead atoms. The molecule has 0 saturated heterocycles. The van der Waals surface area contributed by atoms with Crippen molar-refractivity contribution < 1.29 is 8.85 Å². The van der Waals surface area contributed by atoms with Crippen molar-refractivity contribution in [2.75, 3.05) is 13.2 Å². The summed E-state index contributed by atoms with van der Waals surface area (Å²) in [7, 11) is -1.46. The number of hydrogen-bond donors (Lipinski definition) is 0. The molecule has 0 aromatic carbocycles. The van der Waals surface area contributed by atoms with Crippen LogP contribution in [0, 0.1) is 5.92 Å². The number of rotatable bonds is 5. The first-order chi connectivity index (χ1) is 6.65. The topological polar surface area (TPSA) is 18.5 Å². The van der Waals surface area contributed by atoms with E-state index in [9.17, 15) is 0 Å². The molecule has 0 spiro atoms. The Balaban J connectivity index is 2.64. The SMILES string of the molecule is CCO[SiH](OCC)C1(C)CCCC1C. The van der Waals surface area contributed by atoms with Crippen LogP contribution in [0.15, 0.2) is 0 Å². The van der Waals surface area contributed by atoms with E-state index < -0.39 is 9.28 Å². The van der Waals surface area contributed by atoms with Gasteiger partial charge in [0.25, 0.3) is 0 Å². The molecule has 3 heteroatoms. The Labute approximate surface area is 89.8 Å². The molecule has 0 heterocycles. The van der Waals surface area contributed by atoms with Crippen LogP contribution in [0.2, 0.25) is 5.04 Å². The predicted octanol–water partition coefficient (Wildman–Crippen LogP) is 2.86. The lowest BCUT2D eigenvalue weighted by molar-refractivity contribution is 0.177. The quantitative estimate of drug-likeness (QED) is 0.658. The van der Waals surface area contributed by atoms with Crippen LogP contribution < -0.4 is 0 Å². The highest BCUT2D eigenvalue weighted by Gasteiger charge is 2.45. The first-order valence-electron chi connectivity index (χ1n) is 5.88. The summed E-state index contributed by atoms with van der Waals surface area (Å²) in [6.07, 6.45) is 3.99. The minimum absolute atomic E-state index is 0.367. The first kappa shape index (κ1) is 12.2. The third-order valence-corrected chi connectivity index (χ3v) is 6.86. The van der Waals surface area contributed by atoms with Crippen molar-refractivity contribution in [3.05, 3.63) is 0 Å². The van der Waals surface area contributed by atoms with Crippen LogP contribution in [0.1, 0.15) is 47.0 Å². The molecule has 14 heavy (non-hydrogen) atoms. The monoisotopic (exact) mass is 216 g/mol. The fourth-order valence-electron chi connectivity index (χ4n) is 2.45. The second-order valence-corrected chi connectivity index (χ2v) is 7.19. The van der Waals surface area contributed by atoms with Gasteiger partial charge in [0.1, 0.15) is 0 Å². The van der Waals surface area contributed by atoms with E-state index in [2.05, 4.69) is 27.7 Å². The van der Waals surface area contributed by atoms with Gasteiger partial charge in [0.15, 0.2) is 0 Å². The van der Waals surface area contributed by atoms with Gasteiger partial charge < -0.3 is 8.85 Å². The molecule has 2 unspecified atom stereocenters. The highest BCUT2D eigenvalue weighted by atomic mass is 28.3. The summed E-state index contributed by atoms with van der Waals surface area (Å²) < 4.78 is 11.7. The fraction of sp³-hybridized carbons (Fsp3) is 1.00. The van der Waals surface area contributed by atoms with Gasteiger partial charge in [-0.05, 0) is 26.2 Å². The van der Waals surface area contributed by atoms with Crippen molar-refractivity contribution in [2.45, 2.75) is 52.0 Å². The van der Waals surface area contributed by atoms with Gasteiger partial charge in [-0.3, -0.25) is 0 Å². The molecule has 2 nitrogen and oxygen atoms in total. The van der Waals surface area contributed by atoms with Gasteiger partial charge in [0.2, 0.25) is 0 Å².